The smallest absolute Gasteiger partial charge is 0.258 e. The van der Waals surface area contributed by atoms with E-state index in [9.17, 15) is 9.59 Å². The Bertz CT molecular complexity index is 1120. The van der Waals surface area contributed by atoms with Crippen LogP contribution in [0.15, 0.2) is 59.5 Å². The topological polar surface area (TPSA) is 45.5 Å². The lowest BCUT2D eigenvalue weighted by Crippen LogP contribution is -2.47. The molecule has 0 bridgehead atoms. The van der Waals surface area contributed by atoms with E-state index in [0.717, 1.165) is 66.5 Å². The second-order valence-corrected chi connectivity index (χ2v) is 8.20. The molecule has 1 saturated carbocycles. The lowest BCUT2D eigenvalue weighted by molar-refractivity contribution is 0.0664. The molecule has 2 fully saturated rings. The van der Waals surface area contributed by atoms with Crippen molar-refractivity contribution in [3.05, 3.63) is 70.6 Å². The monoisotopic (exact) mass is 387 g/mol. The van der Waals surface area contributed by atoms with E-state index in [1.165, 1.54) is 0 Å². The molecule has 0 radical (unpaired) electrons. The van der Waals surface area contributed by atoms with Crippen LogP contribution in [0.3, 0.4) is 0 Å². The average molecular weight is 387 g/mol. The van der Waals surface area contributed by atoms with Gasteiger partial charge in [-0.05, 0) is 49.0 Å². The molecule has 148 valence electrons. The Morgan fingerprint density at radius 1 is 0.897 bits per heavy atom. The summed E-state index contributed by atoms with van der Waals surface area (Å²) in [6.45, 7) is 3.37. The van der Waals surface area contributed by atoms with Crippen molar-refractivity contribution in [3.8, 4) is 11.1 Å². The van der Waals surface area contributed by atoms with E-state index >= 15 is 0 Å². The molecule has 5 nitrogen and oxygen atoms in total. The number of pyridine rings is 1. The van der Waals surface area contributed by atoms with Gasteiger partial charge in [0.15, 0.2) is 0 Å². The lowest BCUT2D eigenvalue weighted by atomic mass is 9.99. The third kappa shape index (κ3) is 3.36. The molecule has 0 unspecified atom stereocenters. The minimum Gasteiger partial charge on any atom is -0.336 e. The predicted octanol–water partition coefficient (Wildman–Crippen LogP) is 3.39. The Kier molecular flexibility index (Phi) is 4.47. The minimum absolute atomic E-state index is 0.0914. The molecule has 1 aromatic heterocycles. The third-order valence-electron chi connectivity index (χ3n) is 6.12. The number of carbonyl (C=O) groups excluding carboxylic acids is 1. The SMILES string of the molecule is CN1CCN(C(=O)c2ccc(-c3cn(C4CC4)c(=O)c4ccccc34)cc2)CC1. The van der Waals surface area contributed by atoms with Crippen LogP contribution in [0.5, 0.6) is 0 Å². The number of likely N-dealkylation sites (N-methyl/N-ethyl adjacent to an activating group) is 1. The van der Waals surface area contributed by atoms with Crippen LogP contribution < -0.4 is 5.56 Å². The van der Waals surface area contributed by atoms with Crippen molar-refractivity contribution in [1.29, 1.82) is 0 Å². The number of rotatable bonds is 3. The van der Waals surface area contributed by atoms with Crippen molar-refractivity contribution in [2.24, 2.45) is 0 Å². The van der Waals surface area contributed by atoms with Gasteiger partial charge in [-0.25, -0.2) is 0 Å². The minimum atomic E-state index is 0.0914. The molecule has 5 heteroatoms. The first-order valence-electron chi connectivity index (χ1n) is 10.3. The van der Waals surface area contributed by atoms with Gasteiger partial charge in [-0.1, -0.05) is 30.3 Å². The third-order valence-corrected chi connectivity index (χ3v) is 6.12. The normalized spacial score (nSPS) is 17.6. The van der Waals surface area contributed by atoms with Crippen LogP contribution in [-0.2, 0) is 0 Å². The van der Waals surface area contributed by atoms with Crippen LogP contribution in [0, 0.1) is 0 Å². The second-order valence-electron chi connectivity index (χ2n) is 8.20. The molecule has 29 heavy (non-hydrogen) atoms. The van der Waals surface area contributed by atoms with E-state index in [0.29, 0.717) is 6.04 Å². The van der Waals surface area contributed by atoms with Gasteiger partial charge < -0.3 is 14.4 Å². The van der Waals surface area contributed by atoms with Crippen molar-refractivity contribution in [3.63, 3.8) is 0 Å². The summed E-state index contributed by atoms with van der Waals surface area (Å²) in [5, 5.41) is 1.72. The summed E-state index contributed by atoms with van der Waals surface area (Å²) in [5.41, 5.74) is 2.89. The zero-order valence-corrected chi connectivity index (χ0v) is 16.7. The maximum Gasteiger partial charge on any atom is 0.258 e. The van der Waals surface area contributed by atoms with Crippen LogP contribution in [0.25, 0.3) is 21.9 Å². The Balaban J connectivity index is 1.50. The first kappa shape index (κ1) is 18.1. The quantitative estimate of drug-likeness (QED) is 0.692. The summed E-state index contributed by atoms with van der Waals surface area (Å²) >= 11 is 0. The van der Waals surface area contributed by atoms with Crippen molar-refractivity contribution in [2.45, 2.75) is 18.9 Å². The molecule has 1 saturated heterocycles. The zero-order valence-electron chi connectivity index (χ0n) is 16.7. The van der Waals surface area contributed by atoms with Gasteiger partial charge in [0, 0.05) is 54.9 Å². The van der Waals surface area contributed by atoms with Gasteiger partial charge in [0.2, 0.25) is 0 Å². The van der Waals surface area contributed by atoms with Gasteiger partial charge in [-0.2, -0.15) is 0 Å². The number of hydrogen-bond donors (Lipinski definition) is 0. The molecule has 1 aliphatic carbocycles. The molecule has 0 atom stereocenters. The number of piperazine rings is 1. The Morgan fingerprint density at radius 3 is 2.21 bits per heavy atom. The second kappa shape index (κ2) is 7.16. The van der Waals surface area contributed by atoms with Gasteiger partial charge in [0.1, 0.15) is 0 Å². The molecular formula is C24H25N3O2. The van der Waals surface area contributed by atoms with Crippen LogP contribution in [-0.4, -0.2) is 53.5 Å². The first-order valence-corrected chi connectivity index (χ1v) is 10.3. The highest BCUT2D eigenvalue weighted by Gasteiger charge is 2.26. The Hall–Kier alpha value is -2.92. The Morgan fingerprint density at radius 2 is 1.55 bits per heavy atom. The highest BCUT2D eigenvalue weighted by molar-refractivity contribution is 5.98. The number of aromatic nitrogens is 1. The van der Waals surface area contributed by atoms with Crippen LogP contribution in [0.2, 0.25) is 0 Å². The molecule has 1 aliphatic heterocycles. The molecule has 0 spiro atoms. The molecule has 0 N–H and O–H groups in total. The highest BCUT2D eigenvalue weighted by Crippen LogP contribution is 2.36. The molecule has 2 aliphatic rings. The summed E-state index contributed by atoms with van der Waals surface area (Å²) < 4.78 is 1.89. The number of benzene rings is 2. The van der Waals surface area contributed by atoms with Crippen molar-refractivity contribution in [2.75, 3.05) is 33.2 Å². The van der Waals surface area contributed by atoms with Crippen molar-refractivity contribution >= 4 is 16.7 Å². The van der Waals surface area contributed by atoms with E-state index in [4.69, 9.17) is 0 Å². The van der Waals surface area contributed by atoms with E-state index in [1.807, 2.05) is 64.2 Å². The molecule has 2 heterocycles. The fourth-order valence-corrected chi connectivity index (χ4v) is 4.15. The maximum absolute atomic E-state index is 12.8. The Labute approximate surface area is 170 Å². The first-order chi connectivity index (χ1) is 14.1. The number of hydrogen-bond acceptors (Lipinski definition) is 3. The maximum atomic E-state index is 12.8. The number of amides is 1. The molecular weight excluding hydrogens is 362 g/mol. The number of fused-ring (bicyclic) bond motifs is 1. The zero-order chi connectivity index (χ0) is 20.0. The standard InChI is InChI=1S/C24H25N3O2/c1-25-12-14-26(15-13-25)23(28)18-8-6-17(7-9-18)22-16-27(19-10-11-19)24(29)21-5-3-2-4-20(21)22/h2-9,16,19H,10-15H2,1H3. The number of nitrogens with zero attached hydrogens (tertiary/aromatic N) is 3. The summed E-state index contributed by atoms with van der Waals surface area (Å²) in [6, 6.07) is 16.0. The largest absolute Gasteiger partial charge is 0.336 e. The van der Waals surface area contributed by atoms with Crippen LogP contribution in [0.4, 0.5) is 0 Å². The fraction of sp³-hybridized carbons (Fsp3) is 0.333. The highest BCUT2D eigenvalue weighted by atomic mass is 16.2. The van der Waals surface area contributed by atoms with E-state index in [2.05, 4.69) is 11.9 Å². The molecule has 2 aromatic carbocycles. The van der Waals surface area contributed by atoms with E-state index in [-0.39, 0.29) is 11.5 Å². The molecule has 5 rings (SSSR count). The van der Waals surface area contributed by atoms with Gasteiger partial charge in [-0.15, -0.1) is 0 Å². The van der Waals surface area contributed by atoms with Crippen molar-refractivity contribution < 1.29 is 4.79 Å². The summed E-state index contributed by atoms with van der Waals surface area (Å²) in [6.07, 6.45) is 4.13. The number of carbonyl (C=O) groups is 1. The average Bonchev–Trinajstić information content (AvgIpc) is 3.60. The van der Waals surface area contributed by atoms with Gasteiger partial charge >= 0.3 is 0 Å². The van der Waals surface area contributed by atoms with Gasteiger partial charge in [0.25, 0.3) is 11.5 Å². The van der Waals surface area contributed by atoms with E-state index in [1.54, 1.807) is 0 Å². The van der Waals surface area contributed by atoms with E-state index < -0.39 is 0 Å². The lowest BCUT2D eigenvalue weighted by Gasteiger charge is -2.32. The molecule has 3 aromatic rings. The van der Waals surface area contributed by atoms with Crippen LogP contribution in [0.1, 0.15) is 29.2 Å². The van der Waals surface area contributed by atoms with Crippen LogP contribution >= 0.6 is 0 Å². The summed E-state index contributed by atoms with van der Waals surface area (Å²) in [4.78, 5) is 29.8. The van der Waals surface area contributed by atoms with Gasteiger partial charge in [0.05, 0.1) is 0 Å². The predicted molar refractivity (Wildman–Crippen MR) is 115 cm³/mol. The molecule has 1 amide bonds. The summed E-state index contributed by atoms with van der Waals surface area (Å²) in [7, 11) is 2.09. The fourth-order valence-electron chi connectivity index (χ4n) is 4.15. The van der Waals surface area contributed by atoms with Gasteiger partial charge in [-0.3, -0.25) is 9.59 Å². The summed E-state index contributed by atoms with van der Waals surface area (Å²) in [5.74, 6) is 0.0949. The van der Waals surface area contributed by atoms with Crippen molar-refractivity contribution in [1.82, 2.24) is 14.4 Å².